The predicted molar refractivity (Wildman–Crippen MR) is 118 cm³/mol. The molecule has 1 aromatic rings. The SMILES string of the molecule is C=CCCc1ccccc1CNC1=NC=C(/C(C=N)=C/NC)CN1/C=N\N=C. The summed E-state index contributed by atoms with van der Waals surface area (Å²) in [6, 6.07) is 8.34. The second kappa shape index (κ2) is 11.3. The van der Waals surface area contributed by atoms with Gasteiger partial charge in [-0.15, -0.1) is 11.7 Å². The summed E-state index contributed by atoms with van der Waals surface area (Å²) >= 11 is 0. The Morgan fingerprint density at radius 3 is 2.82 bits per heavy atom. The van der Waals surface area contributed by atoms with Gasteiger partial charge in [0.25, 0.3) is 0 Å². The summed E-state index contributed by atoms with van der Waals surface area (Å²) in [5.41, 5.74) is 4.16. The van der Waals surface area contributed by atoms with Crippen molar-refractivity contribution in [3.63, 3.8) is 0 Å². The molecule has 0 amide bonds. The van der Waals surface area contributed by atoms with Gasteiger partial charge in [-0.25, -0.2) is 4.99 Å². The fraction of sp³-hybridized carbons (Fsp3) is 0.238. The Balaban J connectivity index is 2.20. The minimum atomic E-state index is 0.520. The second-order valence-corrected chi connectivity index (χ2v) is 6.09. The molecular formula is C21H27N7. The zero-order valence-electron chi connectivity index (χ0n) is 16.2. The normalized spacial score (nSPS) is 14.3. The Bertz CT molecular complexity index is 818. The minimum absolute atomic E-state index is 0.520. The van der Waals surface area contributed by atoms with E-state index in [9.17, 15) is 0 Å². The van der Waals surface area contributed by atoms with E-state index < -0.39 is 0 Å². The van der Waals surface area contributed by atoms with Crippen molar-refractivity contribution in [2.75, 3.05) is 13.6 Å². The van der Waals surface area contributed by atoms with Crippen molar-refractivity contribution in [3.8, 4) is 0 Å². The van der Waals surface area contributed by atoms with Crippen molar-refractivity contribution in [2.24, 2.45) is 15.2 Å². The smallest absolute Gasteiger partial charge is 0.204 e. The maximum atomic E-state index is 7.60. The number of benzene rings is 1. The van der Waals surface area contributed by atoms with Crippen LogP contribution < -0.4 is 10.6 Å². The Kier molecular flexibility index (Phi) is 8.39. The third-order valence-electron chi connectivity index (χ3n) is 4.23. The van der Waals surface area contributed by atoms with Crippen LogP contribution in [0.1, 0.15) is 17.5 Å². The van der Waals surface area contributed by atoms with Gasteiger partial charge in [-0.1, -0.05) is 30.3 Å². The van der Waals surface area contributed by atoms with Crippen LogP contribution >= 0.6 is 0 Å². The molecule has 0 radical (unpaired) electrons. The van der Waals surface area contributed by atoms with Crippen LogP contribution in [-0.4, -0.2) is 43.7 Å². The molecule has 3 N–H and O–H groups in total. The summed E-state index contributed by atoms with van der Waals surface area (Å²) in [6.07, 6.45) is 10.2. The molecule has 0 atom stereocenters. The van der Waals surface area contributed by atoms with Crippen molar-refractivity contribution in [3.05, 3.63) is 71.6 Å². The molecule has 0 fully saturated rings. The lowest BCUT2D eigenvalue weighted by Crippen LogP contribution is -2.43. The van der Waals surface area contributed by atoms with Crippen molar-refractivity contribution < 1.29 is 0 Å². The predicted octanol–water partition coefficient (Wildman–Crippen LogP) is 2.85. The van der Waals surface area contributed by atoms with Gasteiger partial charge in [0.15, 0.2) is 0 Å². The van der Waals surface area contributed by atoms with Crippen molar-refractivity contribution in [1.82, 2.24) is 15.5 Å². The van der Waals surface area contributed by atoms with Crippen LogP contribution in [-0.2, 0) is 13.0 Å². The highest BCUT2D eigenvalue weighted by atomic mass is 15.3. The molecule has 1 heterocycles. The number of nitrogens with one attached hydrogen (secondary N) is 3. The number of rotatable bonds is 10. The van der Waals surface area contributed by atoms with E-state index in [1.54, 1.807) is 25.8 Å². The monoisotopic (exact) mass is 377 g/mol. The highest BCUT2D eigenvalue weighted by Crippen LogP contribution is 2.15. The molecule has 0 aliphatic carbocycles. The summed E-state index contributed by atoms with van der Waals surface area (Å²) < 4.78 is 0. The van der Waals surface area contributed by atoms with Crippen LogP contribution in [0.25, 0.3) is 0 Å². The van der Waals surface area contributed by atoms with E-state index in [1.165, 1.54) is 17.3 Å². The van der Waals surface area contributed by atoms with Gasteiger partial charge in [0.2, 0.25) is 5.96 Å². The summed E-state index contributed by atoms with van der Waals surface area (Å²) in [5.74, 6) is 0.670. The summed E-state index contributed by atoms with van der Waals surface area (Å²) in [7, 11) is 1.80. The zero-order chi connectivity index (χ0) is 20.2. The molecule has 0 aromatic heterocycles. The molecule has 0 saturated heterocycles. The number of allylic oxidation sites excluding steroid dienone is 1. The molecule has 1 aliphatic rings. The van der Waals surface area contributed by atoms with E-state index in [4.69, 9.17) is 5.41 Å². The lowest BCUT2D eigenvalue weighted by atomic mass is 10.0. The van der Waals surface area contributed by atoms with E-state index in [2.05, 4.69) is 57.3 Å². The number of nitrogens with zero attached hydrogens (tertiary/aromatic N) is 4. The first-order chi connectivity index (χ1) is 13.7. The van der Waals surface area contributed by atoms with E-state index in [1.807, 2.05) is 17.0 Å². The van der Waals surface area contributed by atoms with Gasteiger partial charge in [0.1, 0.15) is 6.34 Å². The largest absolute Gasteiger partial charge is 0.393 e. The molecule has 2 rings (SSSR count). The van der Waals surface area contributed by atoms with Crippen LogP contribution in [0, 0.1) is 5.41 Å². The number of aryl methyl sites for hydroxylation is 1. The molecule has 1 aliphatic heterocycles. The number of hydrogen-bond acceptors (Lipinski definition) is 6. The summed E-state index contributed by atoms with van der Waals surface area (Å²) in [4.78, 5) is 6.38. The van der Waals surface area contributed by atoms with Gasteiger partial charge >= 0.3 is 0 Å². The molecule has 7 heteroatoms. The first kappa shape index (κ1) is 20.8. The first-order valence-electron chi connectivity index (χ1n) is 9.06. The zero-order valence-corrected chi connectivity index (χ0v) is 16.2. The summed E-state index contributed by atoms with van der Waals surface area (Å²) in [6.45, 7) is 8.36. The second-order valence-electron chi connectivity index (χ2n) is 6.09. The average molecular weight is 377 g/mol. The number of aliphatic imine (C=N–C) groups is 1. The van der Waals surface area contributed by atoms with Gasteiger partial charge in [-0.05, 0) is 24.0 Å². The lowest BCUT2D eigenvalue weighted by molar-refractivity contribution is 0.623. The van der Waals surface area contributed by atoms with Crippen LogP contribution in [0.4, 0.5) is 0 Å². The van der Waals surface area contributed by atoms with Crippen LogP contribution in [0.2, 0.25) is 0 Å². The van der Waals surface area contributed by atoms with Crippen molar-refractivity contribution >= 4 is 25.2 Å². The van der Waals surface area contributed by atoms with Gasteiger partial charge in [-0.3, -0.25) is 4.90 Å². The molecule has 7 nitrogen and oxygen atoms in total. The number of guanidine groups is 1. The Morgan fingerprint density at radius 1 is 1.36 bits per heavy atom. The average Bonchev–Trinajstić information content (AvgIpc) is 2.74. The third kappa shape index (κ3) is 5.77. The Labute approximate surface area is 166 Å². The van der Waals surface area contributed by atoms with Gasteiger partial charge in [-0.2, -0.15) is 5.10 Å². The third-order valence-corrected chi connectivity index (χ3v) is 4.23. The first-order valence-corrected chi connectivity index (χ1v) is 9.06. The Morgan fingerprint density at radius 2 is 2.14 bits per heavy atom. The fourth-order valence-corrected chi connectivity index (χ4v) is 2.81. The van der Waals surface area contributed by atoms with E-state index in [0.29, 0.717) is 19.0 Å². The van der Waals surface area contributed by atoms with Gasteiger partial charge < -0.3 is 16.0 Å². The van der Waals surface area contributed by atoms with E-state index in [0.717, 1.165) is 24.0 Å². The molecule has 0 saturated carbocycles. The highest BCUT2D eigenvalue weighted by Gasteiger charge is 2.18. The Hall–Kier alpha value is -3.48. The van der Waals surface area contributed by atoms with Crippen LogP contribution in [0.15, 0.2) is 75.7 Å². The van der Waals surface area contributed by atoms with Gasteiger partial charge in [0.05, 0.1) is 6.54 Å². The lowest BCUT2D eigenvalue weighted by Gasteiger charge is -2.26. The fourth-order valence-electron chi connectivity index (χ4n) is 2.81. The maximum Gasteiger partial charge on any atom is 0.204 e. The molecule has 0 bridgehead atoms. The topological polar surface area (TPSA) is 88.2 Å². The van der Waals surface area contributed by atoms with E-state index >= 15 is 0 Å². The van der Waals surface area contributed by atoms with Crippen LogP contribution in [0.3, 0.4) is 0 Å². The summed E-state index contributed by atoms with van der Waals surface area (Å²) in [5, 5.41) is 21.4. The molecular weight excluding hydrogens is 350 g/mol. The van der Waals surface area contributed by atoms with Gasteiger partial charge in [0, 0.05) is 50.1 Å². The molecule has 1 aromatic carbocycles. The van der Waals surface area contributed by atoms with Crippen LogP contribution in [0.5, 0.6) is 0 Å². The quantitative estimate of drug-likeness (QED) is 0.254. The van der Waals surface area contributed by atoms with E-state index in [-0.39, 0.29) is 0 Å². The standard InChI is InChI=1S/C21H27N7/c1-4-5-8-17-9-6-7-10-18(17)13-25-21-26-14-20(19(11-22)12-23-2)15-28(21)16-27-24-3/h4,6-7,9-12,14,16,22-23H,1,3,5,8,13,15H2,2H3,(H,25,26)/b19-12+,22-11?,27-16-. The molecule has 28 heavy (non-hydrogen) atoms. The molecule has 0 unspecified atom stereocenters. The maximum absolute atomic E-state index is 7.60. The molecule has 146 valence electrons. The van der Waals surface area contributed by atoms with Crippen molar-refractivity contribution in [1.29, 1.82) is 5.41 Å². The molecule has 0 spiro atoms. The van der Waals surface area contributed by atoms with Crippen molar-refractivity contribution in [2.45, 2.75) is 19.4 Å². The minimum Gasteiger partial charge on any atom is -0.393 e. The number of hydrogen-bond donors (Lipinski definition) is 3. The highest BCUT2D eigenvalue weighted by molar-refractivity contribution is 5.93.